The molecule has 1 amide bonds. The molecule has 2 aromatic carbocycles. The molecule has 0 aliphatic rings. The van der Waals surface area contributed by atoms with Gasteiger partial charge in [-0.3, -0.25) is 4.79 Å². The van der Waals surface area contributed by atoms with Crippen molar-refractivity contribution in [3.63, 3.8) is 0 Å². The van der Waals surface area contributed by atoms with Crippen LogP contribution >= 0.6 is 0 Å². The highest BCUT2D eigenvalue weighted by atomic mass is 19.1. The smallest absolute Gasteiger partial charge is 0.256 e. The van der Waals surface area contributed by atoms with Gasteiger partial charge < -0.3 is 5.32 Å². The Morgan fingerprint density at radius 2 is 1.77 bits per heavy atom. The summed E-state index contributed by atoms with van der Waals surface area (Å²) in [7, 11) is 0. The van der Waals surface area contributed by atoms with Gasteiger partial charge in [-0.2, -0.15) is 0 Å². The van der Waals surface area contributed by atoms with E-state index in [4.69, 9.17) is 0 Å². The van der Waals surface area contributed by atoms with Gasteiger partial charge in [-0.05, 0) is 48.7 Å². The van der Waals surface area contributed by atoms with Crippen molar-refractivity contribution >= 4 is 11.7 Å². The highest BCUT2D eigenvalue weighted by Gasteiger charge is 2.14. The van der Waals surface area contributed by atoms with Gasteiger partial charge in [-0.25, -0.2) is 14.4 Å². The van der Waals surface area contributed by atoms with Crippen molar-refractivity contribution in [3.05, 3.63) is 77.9 Å². The molecule has 0 unspecified atom stereocenters. The number of carbonyl (C=O) groups is 1. The zero-order valence-electron chi connectivity index (χ0n) is 14.7. The minimum absolute atomic E-state index is 0.223. The minimum atomic E-state index is -0.296. The first-order valence-electron chi connectivity index (χ1n) is 8.51. The third kappa shape index (κ3) is 4.30. The fraction of sp³-hybridized carbons (Fsp3) is 0.190. The summed E-state index contributed by atoms with van der Waals surface area (Å²) in [4.78, 5) is 21.5. The zero-order chi connectivity index (χ0) is 18.5. The second kappa shape index (κ2) is 7.87. The third-order valence-corrected chi connectivity index (χ3v) is 3.85. The molecule has 0 radical (unpaired) electrons. The summed E-state index contributed by atoms with van der Waals surface area (Å²) in [6.07, 6.45) is 2.27. The number of benzene rings is 2. The summed E-state index contributed by atoms with van der Waals surface area (Å²) in [5.74, 6) is 0.286. The van der Waals surface area contributed by atoms with E-state index >= 15 is 0 Å². The fourth-order valence-corrected chi connectivity index (χ4v) is 2.59. The van der Waals surface area contributed by atoms with E-state index < -0.39 is 0 Å². The summed E-state index contributed by atoms with van der Waals surface area (Å²) in [6.45, 7) is 4.16. The summed E-state index contributed by atoms with van der Waals surface area (Å²) < 4.78 is 13.1. The van der Waals surface area contributed by atoms with E-state index in [9.17, 15) is 9.18 Å². The Labute approximate surface area is 152 Å². The monoisotopic (exact) mass is 349 g/mol. The van der Waals surface area contributed by atoms with Crippen LogP contribution in [0.4, 0.5) is 10.2 Å². The summed E-state index contributed by atoms with van der Waals surface area (Å²) in [5, 5.41) is 2.85. The highest BCUT2D eigenvalue weighted by Crippen LogP contribution is 2.22. The average molecular weight is 349 g/mol. The molecule has 0 fully saturated rings. The van der Waals surface area contributed by atoms with Crippen LogP contribution in [0.3, 0.4) is 0 Å². The van der Waals surface area contributed by atoms with Gasteiger partial charge in [0.15, 0.2) is 5.82 Å². The Bertz CT molecular complexity index is 893. The van der Waals surface area contributed by atoms with Crippen LogP contribution in [0, 0.1) is 11.7 Å². The Morgan fingerprint density at radius 1 is 1.08 bits per heavy atom. The minimum Gasteiger partial charge on any atom is -0.305 e. The lowest BCUT2D eigenvalue weighted by Gasteiger charge is -2.13. The number of aromatic nitrogens is 2. The van der Waals surface area contributed by atoms with Crippen molar-refractivity contribution in [3.8, 4) is 11.3 Å². The molecule has 1 N–H and O–H groups in total. The van der Waals surface area contributed by atoms with Crippen molar-refractivity contribution in [2.24, 2.45) is 5.92 Å². The van der Waals surface area contributed by atoms with Crippen LogP contribution in [0.1, 0.15) is 29.9 Å². The van der Waals surface area contributed by atoms with Crippen molar-refractivity contribution < 1.29 is 9.18 Å². The van der Waals surface area contributed by atoms with E-state index in [1.54, 1.807) is 30.5 Å². The lowest BCUT2D eigenvalue weighted by atomic mass is 10.1. The maximum atomic E-state index is 13.1. The standard InChI is InChI=1S/C21H20FN3O/c1-14(2)12-18-20(25-21(26)16-6-4-3-5-7-16)23-13-19(24-18)15-8-10-17(22)11-9-15/h3-11,13-14H,12H2,1-2H3,(H,23,25,26). The SMILES string of the molecule is CC(C)Cc1nc(-c2ccc(F)cc2)cnc1NC(=O)c1ccccc1. The first-order chi connectivity index (χ1) is 12.5. The van der Waals surface area contributed by atoms with Gasteiger partial charge in [0.25, 0.3) is 5.91 Å². The van der Waals surface area contributed by atoms with Crippen LogP contribution in [0.2, 0.25) is 0 Å². The van der Waals surface area contributed by atoms with E-state index in [1.807, 2.05) is 18.2 Å². The van der Waals surface area contributed by atoms with E-state index in [0.717, 1.165) is 5.56 Å². The van der Waals surface area contributed by atoms with Gasteiger partial charge in [0.1, 0.15) is 5.82 Å². The Balaban J connectivity index is 1.91. The number of rotatable bonds is 5. The first kappa shape index (κ1) is 17.7. The molecule has 1 heterocycles. The number of hydrogen-bond acceptors (Lipinski definition) is 3. The molecular weight excluding hydrogens is 329 g/mol. The molecule has 3 aromatic rings. The molecule has 0 spiro atoms. The average Bonchev–Trinajstić information content (AvgIpc) is 2.64. The molecule has 0 saturated heterocycles. The predicted octanol–water partition coefficient (Wildman–Crippen LogP) is 4.73. The van der Waals surface area contributed by atoms with Gasteiger partial charge >= 0.3 is 0 Å². The maximum Gasteiger partial charge on any atom is 0.256 e. The van der Waals surface area contributed by atoms with Gasteiger partial charge in [-0.1, -0.05) is 32.0 Å². The van der Waals surface area contributed by atoms with Gasteiger partial charge in [0.2, 0.25) is 0 Å². The Hall–Kier alpha value is -3.08. The topological polar surface area (TPSA) is 54.9 Å². The predicted molar refractivity (Wildman–Crippen MR) is 100 cm³/mol. The van der Waals surface area contributed by atoms with Crippen LogP contribution in [0.25, 0.3) is 11.3 Å². The lowest BCUT2D eigenvalue weighted by Crippen LogP contribution is -2.16. The molecule has 26 heavy (non-hydrogen) atoms. The van der Waals surface area contributed by atoms with Crippen LogP contribution in [-0.2, 0) is 6.42 Å². The summed E-state index contributed by atoms with van der Waals surface area (Å²) >= 11 is 0. The number of nitrogens with zero attached hydrogens (tertiary/aromatic N) is 2. The summed E-state index contributed by atoms with van der Waals surface area (Å²) in [5.41, 5.74) is 2.71. The number of amides is 1. The molecular formula is C21H20FN3O. The molecule has 0 saturated carbocycles. The molecule has 3 rings (SSSR count). The normalized spacial score (nSPS) is 10.8. The van der Waals surface area contributed by atoms with Crippen molar-refractivity contribution in [2.75, 3.05) is 5.32 Å². The van der Waals surface area contributed by atoms with Gasteiger partial charge in [0.05, 0.1) is 17.6 Å². The molecule has 132 valence electrons. The van der Waals surface area contributed by atoms with Crippen molar-refractivity contribution in [2.45, 2.75) is 20.3 Å². The first-order valence-corrected chi connectivity index (χ1v) is 8.51. The molecule has 0 atom stereocenters. The number of carbonyl (C=O) groups excluding carboxylic acids is 1. The third-order valence-electron chi connectivity index (χ3n) is 3.85. The Morgan fingerprint density at radius 3 is 2.42 bits per heavy atom. The highest BCUT2D eigenvalue weighted by molar-refractivity contribution is 6.04. The largest absolute Gasteiger partial charge is 0.305 e. The maximum absolute atomic E-state index is 13.1. The van der Waals surface area contributed by atoms with Crippen LogP contribution in [-0.4, -0.2) is 15.9 Å². The molecule has 4 nitrogen and oxygen atoms in total. The van der Waals surface area contributed by atoms with Crippen LogP contribution < -0.4 is 5.32 Å². The van der Waals surface area contributed by atoms with Crippen molar-refractivity contribution in [1.29, 1.82) is 0 Å². The number of halogens is 1. The van der Waals surface area contributed by atoms with Crippen LogP contribution in [0.15, 0.2) is 60.8 Å². The number of nitrogens with one attached hydrogen (secondary N) is 1. The number of hydrogen-bond donors (Lipinski definition) is 1. The fourth-order valence-electron chi connectivity index (χ4n) is 2.59. The van der Waals surface area contributed by atoms with Gasteiger partial charge in [-0.15, -0.1) is 0 Å². The number of anilines is 1. The molecule has 5 heteroatoms. The zero-order valence-corrected chi connectivity index (χ0v) is 14.7. The molecule has 0 bridgehead atoms. The second-order valence-electron chi connectivity index (χ2n) is 6.48. The van der Waals surface area contributed by atoms with E-state index in [0.29, 0.717) is 35.1 Å². The van der Waals surface area contributed by atoms with E-state index in [2.05, 4.69) is 29.1 Å². The summed E-state index contributed by atoms with van der Waals surface area (Å²) in [6, 6.07) is 15.1. The molecule has 0 aliphatic heterocycles. The van der Waals surface area contributed by atoms with E-state index in [-0.39, 0.29) is 11.7 Å². The molecule has 0 aliphatic carbocycles. The Kier molecular flexibility index (Phi) is 5.37. The quantitative estimate of drug-likeness (QED) is 0.724. The second-order valence-corrected chi connectivity index (χ2v) is 6.48. The van der Waals surface area contributed by atoms with Crippen LogP contribution in [0.5, 0.6) is 0 Å². The molecule has 1 aromatic heterocycles. The lowest BCUT2D eigenvalue weighted by molar-refractivity contribution is 0.102. The van der Waals surface area contributed by atoms with E-state index in [1.165, 1.54) is 12.1 Å². The van der Waals surface area contributed by atoms with Crippen molar-refractivity contribution in [1.82, 2.24) is 9.97 Å². The van der Waals surface area contributed by atoms with Gasteiger partial charge in [0, 0.05) is 11.1 Å².